The van der Waals surface area contributed by atoms with Crippen molar-refractivity contribution in [1.82, 2.24) is 10.3 Å². The van der Waals surface area contributed by atoms with E-state index in [1.54, 1.807) is 12.1 Å². The minimum Gasteiger partial charge on any atom is -0.481 e. The number of hydrogen-bond donors (Lipinski definition) is 1. The summed E-state index contributed by atoms with van der Waals surface area (Å²) in [6.45, 7) is 0.103. The van der Waals surface area contributed by atoms with Crippen LogP contribution in [0.15, 0.2) is 36.5 Å². The molecule has 10 heteroatoms. The third kappa shape index (κ3) is 4.00. The molecule has 0 aliphatic heterocycles. The molecule has 2 rings (SSSR count). The van der Waals surface area contributed by atoms with Gasteiger partial charge < -0.3 is 10.1 Å². The minimum atomic E-state index is -0.794. The number of nitrogens with zero attached hydrogens (tertiary/aromatic N) is 3. The maximum Gasteiger partial charge on any atom is 0.277 e. The first-order chi connectivity index (χ1) is 11.4. The molecule has 0 spiro atoms. The van der Waals surface area contributed by atoms with Gasteiger partial charge in [-0.15, -0.1) is 0 Å². The average molecular weight is 332 g/mol. The van der Waals surface area contributed by atoms with Crippen molar-refractivity contribution in [2.24, 2.45) is 0 Å². The summed E-state index contributed by atoms with van der Waals surface area (Å²) >= 11 is 0. The van der Waals surface area contributed by atoms with Gasteiger partial charge in [0.25, 0.3) is 17.3 Å². The van der Waals surface area contributed by atoms with Crippen LogP contribution in [0.2, 0.25) is 0 Å². The van der Waals surface area contributed by atoms with Crippen molar-refractivity contribution in [3.05, 3.63) is 67.9 Å². The molecule has 0 saturated carbocycles. The van der Waals surface area contributed by atoms with Crippen LogP contribution >= 0.6 is 0 Å². The van der Waals surface area contributed by atoms with E-state index in [9.17, 15) is 25.0 Å². The fourth-order valence-corrected chi connectivity index (χ4v) is 1.86. The van der Waals surface area contributed by atoms with E-state index in [1.165, 1.54) is 13.3 Å². The number of benzene rings is 1. The van der Waals surface area contributed by atoms with Crippen LogP contribution in [0.25, 0.3) is 0 Å². The molecule has 1 aromatic heterocycles. The van der Waals surface area contributed by atoms with Crippen LogP contribution in [0.5, 0.6) is 5.88 Å². The molecule has 0 aliphatic carbocycles. The predicted molar refractivity (Wildman–Crippen MR) is 81.7 cm³/mol. The number of rotatable bonds is 6. The Bertz CT molecular complexity index is 758. The molecule has 0 fully saturated rings. The summed E-state index contributed by atoms with van der Waals surface area (Å²) in [7, 11) is 1.47. The van der Waals surface area contributed by atoms with Crippen molar-refractivity contribution in [3.63, 3.8) is 0 Å². The van der Waals surface area contributed by atoms with E-state index in [0.29, 0.717) is 11.4 Å². The highest BCUT2D eigenvalue weighted by Gasteiger charge is 2.19. The Kier molecular flexibility index (Phi) is 5.00. The fourth-order valence-electron chi connectivity index (χ4n) is 1.86. The van der Waals surface area contributed by atoms with E-state index in [-0.39, 0.29) is 12.1 Å². The Labute approximate surface area is 135 Å². The maximum atomic E-state index is 12.1. The quantitative estimate of drug-likeness (QED) is 0.629. The highest BCUT2D eigenvalue weighted by atomic mass is 16.6. The van der Waals surface area contributed by atoms with Crippen LogP contribution in [0.3, 0.4) is 0 Å². The van der Waals surface area contributed by atoms with Crippen LogP contribution in [0.4, 0.5) is 11.4 Å². The van der Waals surface area contributed by atoms with E-state index >= 15 is 0 Å². The first-order valence-electron chi connectivity index (χ1n) is 6.61. The van der Waals surface area contributed by atoms with Crippen molar-refractivity contribution in [1.29, 1.82) is 0 Å². The second-order valence-corrected chi connectivity index (χ2v) is 4.64. The number of methoxy groups -OCH3 is 1. The summed E-state index contributed by atoms with van der Waals surface area (Å²) in [5, 5.41) is 24.2. The third-order valence-electron chi connectivity index (χ3n) is 3.05. The van der Waals surface area contributed by atoms with E-state index in [4.69, 9.17) is 4.74 Å². The smallest absolute Gasteiger partial charge is 0.277 e. The standard InChI is InChI=1S/C14H12N4O6/c1-24-13-3-2-9(7-15-13)8-16-14(19)10-4-11(17(20)21)6-12(5-10)18(22)23/h2-7H,8H2,1H3,(H,16,19). The van der Waals surface area contributed by atoms with Crippen molar-refractivity contribution in [2.75, 3.05) is 7.11 Å². The first-order valence-corrected chi connectivity index (χ1v) is 6.61. The molecule has 1 aromatic carbocycles. The molecule has 0 unspecified atom stereocenters. The van der Waals surface area contributed by atoms with E-state index in [0.717, 1.165) is 18.2 Å². The molecule has 0 radical (unpaired) electrons. The van der Waals surface area contributed by atoms with E-state index in [1.807, 2.05) is 0 Å². The number of pyridine rings is 1. The lowest BCUT2D eigenvalue weighted by atomic mass is 10.1. The Balaban J connectivity index is 2.16. The molecule has 2 aromatic rings. The van der Waals surface area contributed by atoms with Crippen LogP contribution in [0.1, 0.15) is 15.9 Å². The molecular formula is C14H12N4O6. The van der Waals surface area contributed by atoms with Crippen molar-refractivity contribution >= 4 is 17.3 Å². The van der Waals surface area contributed by atoms with Crippen LogP contribution in [-0.4, -0.2) is 27.8 Å². The Hall–Kier alpha value is -3.56. The van der Waals surface area contributed by atoms with Gasteiger partial charge in [0, 0.05) is 30.9 Å². The molecule has 1 amide bonds. The van der Waals surface area contributed by atoms with Gasteiger partial charge in [0.2, 0.25) is 5.88 Å². The first kappa shape index (κ1) is 16.8. The third-order valence-corrected chi connectivity index (χ3v) is 3.05. The van der Waals surface area contributed by atoms with E-state index < -0.39 is 27.1 Å². The number of ether oxygens (including phenoxy) is 1. The lowest BCUT2D eigenvalue weighted by molar-refractivity contribution is -0.394. The SMILES string of the molecule is COc1ccc(CNC(=O)c2cc([N+](=O)[O-])cc([N+](=O)[O-])c2)cn1. The summed E-state index contributed by atoms with van der Waals surface area (Å²) in [5.41, 5.74) is -0.553. The highest BCUT2D eigenvalue weighted by molar-refractivity contribution is 5.95. The molecule has 1 N–H and O–H groups in total. The normalized spacial score (nSPS) is 10.0. The van der Waals surface area contributed by atoms with Gasteiger partial charge in [-0.05, 0) is 5.56 Å². The van der Waals surface area contributed by atoms with Gasteiger partial charge in [0.15, 0.2) is 0 Å². The zero-order valence-electron chi connectivity index (χ0n) is 12.5. The summed E-state index contributed by atoms with van der Waals surface area (Å²) in [6, 6.07) is 6.05. The fraction of sp³-hybridized carbons (Fsp3) is 0.143. The van der Waals surface area contributed by atoms with Crippen molar-refractivity contribution < 1.29 is 19.4 Å². The lowest BCUT2D eigenvalue weighted by Gasteiger charge is -2.06. The number of carbonyl (C=O) groups excluding carboxylic acids is 1. The molecular weight excluding hydrogens is 320 g/mol. The number of amides is 1. The molecule has 1 heterocycles. The summed E-state index contributed by atoms with van der Waals surface area (Å²) in [4.78, 5) is 36.1. The highest BCUT2D eigenvalue weighted by Crippen LogP contribution is 2.22. The van der Waals surface area contributed by atoms with Crippen molar-refractivity contribution in [2.45, 2.75) is 6.54 Å². The van der Waals surface area contributed by atoms with Crippen molar-refractivity contribution in [3.8, 4) is 5.88 Å². The predicted octanol–water partition coefficient (Wildman–Crippen LogP) is 1.84. The summed E-state index contributed by atoms with van der Waals surface area (Å²) in [5.74, 6) is -0.253. The van der Waals surface area contributed by atoms with Gasteiger partial charge in [0.05, 0.1) is 28.6 Å². The molecule has 124 valence electrons. The zero-order valence-corrected chi connectivity index (χ0v) is 12.5. The Morgan fingerprint density at radius 2 is 1.79 bits per heavy atom. The summed E-state index contributed by atoms with van der Waals surface area (Å²) < 4.78 is 4.91. The topological polar surface area (TPSA) is 138 Å². The molecule has 0 saturated heterocycles. The second kappa shape index (κ2) is 7.13. The number of nitro benzene ring substituents is 2. The Morgan fingerprint density at radius 3 is 2.25 bits per heavy atom. The van der Waals surface area contributed by atoms with Crippen LogP contribution in [0, 0.1) is 20.2 Å². The average Bonchev–Trinajstić information content (AvgIpc) is 2.59. The molecule has 0 aliphatic rings. The molecule has 0 atom stereocenters. The van der Waals surface area contributed by atoms with Crippen LogP contribution in [-0.2, 0) is 6.54 Å². The van der Waals surface area contributed by atoms with Crippen LogP contribution < -0.4 is 10.1 Å². The minimum absolute atomic E-state index is 0.103. The van der Waals surface area contributed by atoms with Gasteiger partial charge in [-0.3, -0.25) is 25.0 Å². The maximum absolute atomic E-state index is 12.1. The molecule has 10 nitrogen and oxygen atoms in total. The molecule has 24 heavy (non-hydrogen) atoms. The molecule has 0 bridgehead atoms. The number of nitro groups is 2. The number of hydrogen-bond acceptors (Lipinski definition) is 7. The number of aromatic nitrogens is 1. The monoisotopic (exact) mass is 332 g/mol. The summed E-state index contributed by atoms with van der Waals surface area (Å²) in [6.07, 6.45) is 1.50. The number of non-ortho nitro benzene ring substituents is 2. The Morgan fingerprint density at radius 1 is 1.17 bits per heavy atom. The number of nitrogens with one attached hydrogen (secondary N) is 1. The van der Waals surface area contributed by atoms with Gasteiger partial charge in [-0.25, -0.2) is 4.98 Å². The van der Waals surface area contributed by atoms with Gasteiger partial charge in [0.1, 0.15) is 0 Å². The van der Waals surface area contributed by atoms with E-state index in [2.05, 4.69) is 10.3 Å². The number of carbonyl (C=O) groups is 1. The van der Waals surface area contributed by atoms with Gasteiger partial charge >= 0.3 is 0 Å². The second-order valence-electron chi connectivity index (χ2n) is 4.64. The largest absolute Gasteiger partial charge is 0.481 e. The van der Waals surface area contributed by atoms with Gasteiger partial charge in [-0.1, -0.05) is 6.07 Å². The zero-order chi connectivity index (χ0) is 17.7. The van der Waals surface area contributed by atoms with Gasteiger partial charge in [-0.2, -0.15) is 0 Å². The lowest BCUT2D eigenvalue weighted by Crippen LogP contribution is -2.23.